The molecule has 1 amide bonds. The van der Waals surface area contributed by atoms with Crippen molar-refractivity contribution >= 4 is 27.3 Å². The molecule has 0 saturated carbocycles. The normalized spacial score (nSPS) is 17.7. The summed E-state index contributed by atoms with van der Waals surface area (Å²) in [6.07, 6.45) is 0.770. The fourth-order valence-electron chi connectivity index (χ4n) is 3.08. The largest absolute Gasteiger partial charge is 0.377 e. The number of hydrogen-bond acceptors (Lipinski definition) is 6. The molecule has 0 aliphatic carbocycles. The van der Waals surface area contributed by atoms with E-state index in [1.807, 2.05) is 38.1 Å². The van der Waals surface area contributed by atoms with Crippen molar-refractivity contribution in [2.24, 2.45) is 21.1 Å². The Balaban J connectivity index is 2.10. The molecule has 8 nitrogen and oxygen atoms in total. The molecular weight excluding hydrogens is 378 g/mol. The third-order valence-corrected chi connectivity index (χ3v) is 5.18. The van der Waals surface area contributed by atoms with Crippen molar-refractivity contribution in [3.63, 3.8) is 0 Å². The van der Waals surface area contributed by atoms with Crippen molar-refractivity contribution in [1.82, 2.24) is 5.32 Å². The van der Waals surface area contributed by atoms with Crippen molar-refractivity contribution in [1.29, 1.82) is 0 Å². The number of carbonyl (C=O) groups excluding carboxylic acids is 1. The fourth-order valence-corrected chi connectivity index (χ4v) is 3.64. The van der Waals surface area contributed by atoms with E-state index in [1.54, 1.807) is 6.07 Å². The van der Waals surface area contributed by atoms with Crippen LogP contribution >= 0.6 is 0 Å². The number of rotatable bonds is 4. The van der Waals surface area contributed by atoms with Crippen LogP contribution in [-0.4, -0.2) is 19.9 Å². The first-order valence-corrected chi connectivity index (χ1v) is 10.1. The molecule has 0 fully saturated rings. The fraction of sp³-hybridized carbons (Fsp3) is 0.211. The monoisotopic (exact) mass is 399 g/mol. The van der Waals surface area contributed by atoms with E-state index in [2.05, 4.69) is 15.5 Å². The summed E-state index contributed by atoms with van der Waals surface area (Å²) in [4.78, 5) is 12.0. The zero-order valence-electron chi connectivity index (χ0n) is 15.5. The lowest BCUT2D eigenvalue weighted by Crippen LogP contribution is -2.44. The Morgan fingerprint density at radius 1 is 1.14 bits per heavy atom. The SMILES string of the molecule is CC1(C)Cc2ccccc2C(=C(N=Nc2cccc(S(N)(=O)=O)c2)C(N)=O)N1. The third-order valence-electron chi connectivity index (χ3n) is 4.26. The minimum Gasteiger partial charge on any atom is -0.377 e. The summed E-state index contributed by atoms with van der Waals surface area (Å²) in [5.74, 6) is -0.749. The van der Waals surface area contributed by atoms with Crippen LogP contribution < -0.4 is 16.2 Å². The number of sulfonamides is 1. The summed E-state index contributed by atoms with van der Waals surface area (Å²) in [7, 11) is -3.87. The lowest BCUT2D eigenvalue weighted by Gasteiger charge is -2.35. The second kappa shape index (κ2) is 7.17. The molecule has 1 aliphatic rings. The maximum absolute atomic E-state index is 12.1. The highest BCUT2D eigenvalue weighted by Gasteiger charge is 2.30. The molecule has 0 saturated heterocycles. The lowest BCUT2D eigenvalue weighted by molar-refractivity contribution is -0.114. The van der Waals surface area contributed by atoms with Gasteiger partial charge < -0.3 is 11.1 Å². The number of azo groups is 1. The van der Waals surface area contributed by atoms with Crippen LogP contribution in [0.5, 0.6) is 0 Å². The number of benzene rings is 2. The Kier molecular flexibility index (Phi) is 5.05. The highest BCUT2D eigenvalue weighted by atomic mass is 32.2. The van der Waals surface area contributed by atoms with Crippen LogP contribution in [-0.2, 0) is 21.2 Å². The summed E-state index contributed by atoms with van der Waals surface area (Å²) in [6.45, 7) is 4.02. The Morgan fingerprint density at radius 2 is 1.86 bits per heavy atom. The summed E-state index contributed by atoms with van der Waals surface area (Å²) in [5, 5.41) is 16.5. The Hall–Kier alpha value is -3.04. The van der Waals surface area contributed by atoms with E-state index in [-0.39, 0.29) is 21.8 Å². The molecule has 5 N–H and O–H groups in total. The zero-order chi connectivity index (χ0) is 20.5. The number of fused-ring (bicyclic) bond motifs is 1. The van der Waals surface area contributed by atoms with Gasteiger partial charge in [-0.15, -0.1) is 5.11 Å². The number of nitrogens with zero attached hydrogens (tertiary/aromatic N) is 2. The van der Waals surface area contributed by atoms with Crippen molar-refractivity contribution in [3.05, 3.63) is 65.4 Å². The van der Waals surface area contributed by atoms with Gasteiger partial charge in [0.25, 0.3) is 5.91 Å². The molecular formula is C19H21N5O3S. The van der Waals surface area contributed by atoms with E-state index in [1.165, 1.54) is 18.2 Å². The smallest absolute Gasteiger partial charge is 0.271 e. The van der Waals surface area contributed by atoms with Crippen molar-refractivity contribution < 1.29 is 13.2 Å². The number of carbonyl (C=O) groups is 1. The molecule has 0 atom stereocenters. The third kappa shape index (κ3) is 4.26. The van der Waals surface area contributed by atoms with E-state index in [9.17, 15) is 13.2 Å². The molecule has 0 unspecified atom stereocenters. The lowest BCUT2D eigenvalue weighted by atomic mass is 9.85. The van der Waals surface area contributed by atoms with E-state index in [0.717, 1.165) is 17.5 Å². The number of nitrogens with one attached hydrogen (secondary N) is 1. The first-order chi connectivity index (χ1) is 13.1. The first kappa shape index (κ1) is 19.7. The zero-order valence-corrected chi connectivity index (χ0v) is 16.3. The average molecular weight is 399 g/mol. The number of nitrogens with two attached hydrogens (primary N) is 2. The second-order valence-electron chi connectivity index (χ2n) is 7.17. The highest BCUT2D eigenvalue weighted by molar-refractivity contribution is 7.89. The summed E-state index contributed by atoms with van der Waals surface area (Å²) >= 11 is 0. The van der Waals surface area contributed by atoms with Crippen molar-refractivity contribution in [2.45, 2.75) is 30.7 Å². The summed E-state index contributed by atoms with van der Waals surface area (Å²) < 4.78 is 23.0. The number of primary sulfonamides is 1. The quantitative estimate of drug-likeness (QED) is 0.535. The molecule has 146 valence electrons. The van der Waals surface area contributed by atoms with Gasteiger partial charge in [-0.2, -0.15) is 5.11 Å². The van der Waals surface area contributed by atoms with E-state index in [4.69, 9.17) is 10.9 Å². The predicted octanol–water partition coefficient (Wildman–Crippen LogP) is 2.20. The van der Waals surface area contributed by atoms with Gasteiger partial charge >= 0.3 is 0 Å². The van der Waals surface area contributed by atoms with Gasteiger partial charge in [-0.05, 0) is 44.0 Å². The van der Waals surface area contributed by atoms with Gasteiger partial charge in [-0.1, -0.05) is 30.3 Å². The average Bonchev–Trinajstić information content (AvgIpc) is 2.60. The highest BCUT2D eigenvalue weighted by Crippen LogP contribution is 2.32. The predicted molar refractivity (Wildman–Crippen MR) is 106 cm³/mol. The maximum atomic E-state index is 12.1. The second-order valence-corrected chi connectivity index (χ2v) is 8.73. The molecule has 0 radical (unpaired) electrons. The van der Waals surface area contributed by atoms with E-state index < -0.39 is 15.9 Å². The van der Waals surface area contributed by atoms with Crippen LogP contribution in [0.15, 0.2) is 69.4 Å². The van der Waals surface area contributed by atoms with E-state index in [0.29, 0.717) is 5.70 Å². The van der Waals surface area contributed by atoms with Gasteiger partial charge in [0.15, 0.2) is 5.70 Å². The van der Waals surface area contributed by atoms with Gasteiger partial charge in [0.05, 0.1) is 16.3 Å². The van der Waals surface area contributed by atoms with Crippen LogP contribution in [0.1, 0.15) is 25.0 Å². The van der Waals surface area contributed by atoms with Crippen LogP contribution in [0.2, 0.25) is 0 Å². The minimum atomic E-state index is -3.87. The van der Waals surface area contributed by atoms with Gasteiger partial charge in [0.1, 0.15) is 0 Å². The Bertz CT molecular complexity index is 1100. The van der Waals surface area contributed by atoms with Crippen LogP contribution in [0.4, 0.5) is 5.69 Å². The Morgan fingerprint density at radius 3 is 2.54 bits per heavy atom. The minimum absolute atomic E-state index is 0.0405. The number of hydrogen-bond donors (Lipinski definition) is 3. The van der Waals surface area contributed by atoms with E-state index >= 15 is 0 Å². The molecule has 0 bridgehead atoms. The molecule has 1 heterocycles. The molecule has 1 aliphatic heterocycles. The molecule has 2 aromatic rings. The van der Waals surface area contributed by atoms with Gasteiger partial charge in [-0.3, -0.25) is 4.79 Å². The first-order valence-electron chi connectivity index (χ1n) is 8.52. The van der Waals surface area contributed by atoms with Crippen molar-refractivity contribution in [3.8, 4) is 0 Å². The standard InChI is InChI=1S/C19H21N5O3S/c1-19(2)11-12-6-3-4-9-15(12)16(22-19)17(18(20)25)24-23-13-7-5-8-14(10-13)28(21,26)27/h3-10,22H,11H2,1-2H3,(H2,20,25)(H2,21,26,27). The van der Waals surface area contributed by atoms with Gasteiger partial charge in [0.2, 0.25) is 10.0 Å². The topological polar surface area (TPSA) is 140 Å². The van der Waals surface area contributed by atoms with Crippen LogP contribution in [0.25, 0.3) is 5.70 Å². The molecule has 0 spiro atoms. The molecule has 28 heavy (non-hydrogen) atoms. The molecule has 0 aromatic heterocycles. The number of primary amides is 1. The van der Waals surface area contributed by atoms with Gasteiger partial charge in [-0.25, -0.2) is 13.6 Å². The number of amides is 1. The molecule has 3 rings (SSSR count). The molecule has 2 aromatic carbocycles. The van der Waals surface area contributed by atoms with Crippen LogP contribution in [0, 0.1) is 0 Å². The molecule has 9 heteroatoms. The summed E-state index contributed by atoms with van der Waals surface area (Å²) in [5.41, 5.74) is 7.83. The summed E-state index contributed by atoms with van der Waals surface area (Å²) in [6, 6.07) is 13.3. The Labute approximate surface area is 163 Å². The maximum Gasteiger partial charge on any atom is 0.271 e. The van der Waals surface area contributed by atoms with Crippen molar-refractivity contribution in [2.75, 3.05) is 0 Å². The van der Waals surface area contributed by atoms with Gasteiger partial charge in [0, 0.05) is 11.1 Å². The van der Waals surface area contributed by atoms with Crippen LogP contribution in [0.3, 0.4) is 0 Å².